The molecule has 39 heavy (non-hydrogen) atoms. The number of unbranched alkanes of at least 4 members (excludes halogenated alkanes) is 18. The molecule has 0 radical (unpaired) electrons. The molecule has 5 nitrogen and oxygen atoms in total. The summed E-state index contributed by atoms with van der Waals surface area (Å²) in [5.41, 5.74) is 0. The van der Waals surface area contributed by atoms with E-state index in [0.29, 0.717) is 38.8 Å². The predicted octanol–water partition coefficient (Wildman–Crippen LogP) is 10.4. The van der Waals surface area contributed by atoms with Crippen molar-refractivity contribution in [1.82, 2.24) is 5.32 Å². The van der Waals surface area contributed by atoms with Gasteiger partial charge in [0.15, 0.2) is 0 Å². The summed E-state index contributed by atoms with van der Waals surface area (Å²) in [4.78, 5) is 23.6. The van der Waals surface area contributed by atoms with Crippen molar-refractivity contribution in [3.63, 3.8) is 0 Å². The molecule has 0 rings (SSSR count). The quantitative estimate of drug-likeness (QED) is 0.0897. The first kappa shape index (κ1) is 37.7. The van der Waals surface area contributed by atoms with Gasteiger partial charge in [0.2, 0.25) is 0 Å². The second kappa shape index (κ2) is 28.2. The van der Waals surface area contributed by atoms with E-state index in [2.05, 4.69) is 19.2 Å². The lowest BCUT2D eigenvalue weighted by atomic mass is 9.84. The fourth-order valence-corrected chi connectivity index (χ4v) is 5.26. The van der Waals surface area contributed by atoms with Crippen molar-refractivity contribution in [3.05, 3.63) is 0 Å². The van der Waals surface area contributed by atoms with Gasteiger partial charge in [-0.1, -0.05) is 143 Å². The average molecular weight is 558 g/mol. The zero-order valence-corrected chi connectivity index (χ0v) is 26.0. The zero-order valence-electron chi connectivity index (χ0n) is 26.0. The number of carbonyl (C=O) groups is 2. The summed E-state index contributed by atoms with van der Waals surface area (Å²) in [6, 6.07) is 0. The highest BCUT2D eigenvalue weighted by molar-refractivity contribution is 5.70. The number of aliphatic carboxylic acids is 1. The van der Waals surface area contributed by atoms with Crippen molar-refractivity contribution in [3.8, 4) is 0 Å². The number of nitrogens with one attached hydrogen (secondary N) is 1. The monoisotopic (exact) mass is 557 g/mol. The minimum absolute atomic E-state index is 0.403. The van der Waals surface area contributed by atoms with Gasteiger partial charge in [0, 0.05) is 12.5 Å². The van der Waals surface area contributed by atoms with Gasteiger partial charge in [-0.05, 0) is 25.7 Å². The minimum Gasteiger partial charge on any atom is -0.481 e. The van der Waals surface area contributed by atoms with Crippen LogP contribution in [0.2, 0.25) is 0 Å². The molecule has 0 aromatic rings. The Morgan fingerprint density at radius 1 is 0.667 bits per heavy atom. The topological polar surface area (TPSA) is 75.6 Å². The summed E-state index contributed by atoms with van der Waals surface area (Å²) in [5.74, 6) is -2.09. The summed E-state index contributed by atoms with van der Waals surface area (Å²) in [7, 11) is 0. The first-order chi connectivity index (χ1) is 18.9. The highest BCUT2D eigenvalue weighted by Gasteiger charge is 2.30. The molecule has 0 aliphatic heterocycles. The van der Waals surface area contributed by atoms with Crippen LogP contribution in [0.4, 0.5) is 9.18 Å². The third-order valence-electron chi connectivity index (χ3n) is 8.05. The summed E-state index contributed by atoms with van der Waals surface area (Å²) < 4.78 is 19.8. The molecule has 0 aromatic carbocycles. The molecule has 0 bridgehead atoms. The number of halogens is 1. The smallest absolute Gasteiger partial charge is 0.407 e. The fraction of sp³-hybridized carbons (Fsp3) is 0.939. The van der Waals surface area contributed by atoms with Crippen LogP contribution in [-0.2, 0) is 9.53 Å². The maximum Gasteiger partial charge on any atom is 0.407 e. The second-order valence-corrected chi connectivity index (χ2v) is 11.7. The van der Waals surface area contributed by atoms with Crippen LogP contribution in [0.25, 0.3) is 0 Å². The molecule has 6 heteroatoms. The SMILES string of the molecule is CCCCCCCCCCCCCCCCOC(=O)NCCCCC(C(=O)O)C(C)C(F)CCCCCCC. The van der Waals surface area contributed by atoms with Gasteiger partial charge in [0.05, 0.1) is 12.5 Å². The van der Waals surface area contributed by atoms with Crippen LogP contribution < -0.4 is 5.32 Å². The van der Waals surface area contributed by atoms with Crippen molar-refractivity contribution in [2.45, 2.75) is 175 Å². The van der Waals surface area contributed by atoms with Gasteiger partial charge in [-0.15, -0.1) is 0 Å². The molecule has 3 atom stereocenters. The molecular formula is C33H64FNO4. The Balaban J connectivity index is 3.66. The summed E-state index contributed by atoms with van der Waals surface area (Å²) in [6.45, 7) is 7.03. The van der Waals surface area contributed by atoms with Crippen LogP contribution >= 0.6 is 0 Å². The standard InChI is InChI=1S/C33H64FNO4/c1-4-6-8-10-11-12-13-14-15-16-17-18-20-24-28-39-33(38)35-27-23-22-25-30(32(36)37)29(3)31(34)26-21-19-9-7-5-2/h29-31H,4-28H2,1-3H3,(H,35,38)(H,36,37). The average Bonchev–Trinajstić information content (AvgIpc) is 2.92. The van der Waals surface area contributed by atoms with Gasteiger partial charge in [-0.2, -0.15) is 0 Å². The number of carboxylic acid groups (broad SMARTS) is 1. The van der Waals surface area contributed by atoms with Crippen molar-refractivity contribution in [1.29, 1.82) is 0 Å². The highest BCUT2D eigenvalue weighted by Crippen LogP contribution is 2.27. The molecule has 0 aliphatic rings. The van der Waals surface area contributed by atoms with E-state index in [-0.39, 0.29) is 0 Å². The van der Waals surface area contributed by atoms with Crippen molar-refractivity contribution in [2.75, 3.05) is 13.2 Å². The number of alkyl halides is 1. The number of rotatable bonds is 29. The Morgan fingerprint density at radius 2 is 1.10 bits per heavy atom. The van der Waals surface area contributed by atoms with Crippen molar-refractivity contribution < 1.29 is 23.8 Å². The molecule has 0 fully saturated rings. The van der Waals surface area contributed by atoms with Gasteiger partial charge in [-0.3, -0.25) is 4.79 Å². The molecule has 2 N–H and O–H groups in total. The predicted molar refractivity (Wildman–Crippen MR) is 162 cm³/mol. The Labute approximate surface area is 240 Å². The number of hydrogen-bond acceptors (Lipinski definition) is 3. The van der Waals surface area contributed by atoms with E-state index in [1.54, 1.807) is 6.92 Å². The Morgan fingerprint density at radius 3 is 1.59 bits per heavy atom. The molecule has 0 heterocycles. The van der Waals surface area contributed by atoms with Crippen LogP contribution in [0.3, 0.4) is 0 Å². The van der Waals surface area contributed by atoms with Crippen LogP contribution in [0.5, 0.6) is 0 Å². The van der Waals surface area contributed by atoms with Crippen molar-refractivity contribution in [2.24, 2.45) is 11.8 Å². The lowest BCUT2D eigenvalue weighted by Crippen LogP contribution is -2.29. The Bertz CT molecular complexity index is 560. The van der Waals surface area contributed by atoms with E-state index in [4.69, 9.17) is 4.74 Å². The summed E-state index contributed by atoms with van der Waals surface area (Å²) in [6.07, 6.45) is 24.1. The Hall–Kier alpha value is -1.33. The van der Waals surface area contributed by atoms with E-state index in [9.17, 15) is 19.1 Å². The Kier molecular flexibility index (Phi) is 27.2. The molecule has 0 aliphatic carbocycles. The number of carbonyl (C=O) groups excluding carboxylic acids is 1. The summed E-state index contributed by atoms with van der Waals surface area (Å²) >= 11 is 0. The molecule has 0 saturated heterocycles. The molecular weight excluding hydrogens is 493 g/mol. The van der Waals surface area contributed by atoms with Gasteiger partial charge in [0.25, 0.3) is 0 Å². The summed E-state index contributed by atoms with van der Waals surface area (Å²) in [5, 5.41) is 12.3. The van der Waals surface area contributed by atoms with Gasteiger partial charge < -0.3 is 15.2 Å². The largest absolute Gasteiger partial charge is 0.481 e. The first-order valence-electron chi connectivity index (χ1n) is 16.7. The lowest BCUT2D eigenvalue weighted by Gasteiger charge is -2.23. The molecule has 1 amide bonds. The van der Waals surface area contributed by atoms with Crippen LogP contribution in [0, 0.1) is 11.8 Å². The first-order valence-corrected chi connectivity index (χ1v) is 16.7. The van der Waals surface area contributed by atoms with Crippen molar-refractivity contribution >= 4 is 12.1 Å². The number of amides is 1. The number of carboxylic acids is 1. The number of hydrogen-bond donors (Lipinski definition) is 2. The van der Waals surface area contributed by atoms with Gasteiger partial charge >= 0.3 is 12.1 Å². The van der Waals surface area contributed by atoms with Crippen LogP contribution in [0.15, 0.2) is 0 Å². The molecule has 0 aromatic heterocycles. The molecule has 3 unspecified atom stereocenters. The number of ether oxygens (including phenoxy) is 1. The third-order valence-corrected chi connectivity index (χ3v) is 8.05. The minimum atomic E-state index is -1.07. The van der Waals surface area contributed by atoms with Crippen LogP contribution in [-0.4, -0.2) is 36.5 Å². The van der Waals surface area contributed by atoms with Gasteiger partial charge in [-0.25, -0.2) is 9.18 Å². The van der Waals surface area contributed by atoms with E-state index in [1.165, 1.54) is 83.5 Å². The molecule has 0 spiro atoms. The maximum absolute atomic E-state index is 14.6. The van der Waals surface area contributed by atoms with E-state index in [0.717, 1.165) is 38.5 Å². The second-order valence-electron chi connectivity index (χ2n) is 11.7. The zero-order chi connectivity index (χ0) is 29.0. The normalized spacial score (nSPS) is 13.6. The number of alkyl carbamates (subject to hydrolysis) is 1. The fourth-order valence-electron chi connectivity index (χ4n) is 5.26. The molecule has 232 valence electrons. The van der Waals surface area contributed by atoms with E-state index >= 15 is 0 Å². The van der Waals surface area contributed by atoms with Gasteiger partial charge in [0.1, 0.15) is 6.17 Å². The van der Waals surface area contributed by atoms with E-state index < -0.39 is 30.1 Å². The van der Waals surface area contributed by atoms with Crippen LogP contribution in [0.1, 0.15) is 168 Å². The highest BCUT2D eigenvalue weighted by atomic mass is 19.1. The third kappa shape index (κ3) is 24.2. The lowest BCUT2D eigenvalue weighted by molar-refractivity contribution is -0.144. The van der Waals surface area contributed by atoms with E-state index in [1.807, 2.05) is 0 Å². The molecule has 0 saturated carbocycles. The maximum atomic E-state index is 14.6.